The van der Waals surface area contributed by atoms with Crippen molar-refractivity contribution < 1.29 is 4.79 Å². The number of aromatic nitrogens is 2. The quantitative estimate of drug-likeness (QED) is 0.749. The highest BCUT2D eigenvalue weighted by molar-refractivity contribution is 5.78. The van der Waals surface area contributed by atoms with Crippen molar-refractivity contribution in [3.05, 3.63) is 18.2 Å². The van der Waals surface area contributed by atoms with E-state index in [0.717, 1.165) is 18.7 Å². The average Bonchev–Trinajstić information content (AvgIpc) is 2.61. The highest BCUT2D eigenvalue weighted by Gasteiger charge is 2.16. The van der Waals surface area contributed by atoms with Crippen molar-refractivity contribution in [3.63, 3.8) is 0 Å². The van der Waals surface area contributed by atoms with Crippen LogP contribution in [0.5, 0.6) is 0 Å². The van der Waals surface area contributed by atoms with Crippen LogP contribution in [-0.4, -0.2) is 15.3 Å². The molecule has 0 spiro atoms. The molecule has 0 radical (unpaired) electrons. The first kappa shape index (κ1) is 13.3. The van der Waals surface area contributed by atoms with Gasteiger partial charge in [-0.05, 0) is 5.92 Å². The Bertz CT molecular complexity index is 376. The molecule has 0 amide bonds. The van der Waals surface area contributed by atoms with Gasteiger partial charge in [0.1, 0.15) is 11.6 Å². The molecule has 1 heterocycles. The lowest BCUT2D eigenvalue weighted by Gasteiger charge is -2.12. The molecule has 0 aliphatic heterocycles. The summed E-state index contributed by atoms with van der Waals surface area (Å²) in [5.41, 5.74) is 0. The van der Waals surface area contributed by atoms with Crippen LogP contribution in [0.2, 0.25) is 0 Å². The van der Waals surface area contributed by atoms with E-state index in [0.29, 0.717) is 18.1 Å². The largest absolute Gasteiger partial charge is 0.338 e. The third kappa shape index (κ3) is 3.97. The van der Waals surface area contributed by atoms with E-state index < -0.39 is 0 Å². The van der Waals surface area contributed by atoms with Gasteiger partial charge in [0.2, 0.25) is 0 Å². The maximum absolute atomic E-state index is 12.0. The van der Waals surface area contributed by atoms with Crippen LogP contribution >= 0.6 is 0 Å². The van der Waals surface area contributed by atoms with Gasteiger partial charge in [-0.15, -0.1) is 0 Å². The van der Waals surface area contributed by atoms with Gasteiger partial charge < -0.3 is 4.57 Å². The first-order valence-corrected chi connectivity index (χ1v) is 7.23. The first-order valence-electron chi connectivity index (χ1n) is 7.23. The number of rotatable bonds is 5. The van der Waals surface area contributed by atoms with Crippen LogP contribution in [0.4, 0.5) is 0 Å². The third-order valence-electron chi connectivity index (χ3n) is 4.04. The smallest absolute Gasteiger partial charge is 0.133 e. The number of aryl methyl sites for hydroxylation is 2. The van der Waals surface area contributed by atoms with E-state index in [-0.39, 0.29) is 0 Å². The van der Waals surface area contributed by atoms with Gasteiger partial charge in [-0.1, -0.05) is 38.5 Å². The summed E-state index contributed by atoms with van der Waals surface area (Å²) in [6.07, 6.45) is 13.8. The van der Waals surface area contributed by atoms with E-state index in [4.69, 9.17) is 0 Å². The lowest BCUT2D eigenvalue weighted by atomic mass is 9.93. The highest BCUT2D eigenvalue weighted by atomic mass is 16.1. The van der Waals surface area contributed by atoms with Crippen LogP contribution in [0.3, 0.4) is 0 Å². The zero-order chi connectivity index (χ0) is 12.8. The lowest BCUT2D eigenvalue weighted by Crippen LogP contribution is -2.10. The SMILES string of the molecule is Cn1ccnc1CCC(=O)CC1CCCCCC1. The second-order valence-electron chi connectivity index (χ2n) is 5.55. The monoisotopic (exact) mass is 248 g/mol. The van der Waals surface area contributed by atoms with Crippen molar-refractivity contribution in [2.45, 2.75) is 57.8 Å². The van der Waals surface area contributed by atoms with Crippen molar-refractivity contribution in [2.75, 3.05) is 0 Å². The molecule has 1 aliphatic rings. The number of hydrogen-bond donors (Lipinski definition) is 0. The predicted molar refractivity (Wildman–Crippen MR) is 72.3 cm³/mol. The molecule has 0 saturated heterocycles. The number of hydrogen-bond acceptors (Lipinski definition) is 2. The second-order valence-corrected chi connectivity index (χ2v) is 5.55. The fourth-order valence-corrected chi connectivity index (χ4v) is 2.88. The Morgan fingerprint density at radius 3 is 2.67 bits per heavy atom. The van der Waals surface area contributed by atoms with Gasteiger partial charge in [0.15, 0.2) is 0 Å². The van der Waals surface area contributed by atoms with E-state index in [2.05, 4.69) is 4.98 Å². The molecule has 1 aromatic rings. The summed E-state index contributed by atoms with van der Waals surface area (Å²) >= 11 is 0. The van der Waals surface area contributed by atoms with E-state index in [1.807, 2.05) is 17.8 Å². The molecular formula is C15H24N2O. The molecule has 0 N–H and O–H groups in total. The molecule has 0 bridgehead atoms. The molecule has 1 saturated carbocycles. The van der Waals surface area contributed by atoms with Crippen LogP contribution in [0, 0.1) is 5.92 Å². The maximum atomic E-state index is 12.0. The minimum atomic E-state index is 0.421. The highest BCUT2D eigenvalue weighted by Crippen LogP contribution is 2.26. The van der Waals surface area contributed by atoms with E-state index in [1.54, 1.807) is 6.20 Å². The van der Waals surface area contributed by atoms with Crippen LogP contribution in [0.15, 0.2) is 12.4 Å². The zero-order valence-electron chi connectivity index (χ0n) is 11.4. The van der Waals surface area contributed by atoms with Gasteiger partial charge >= 0.3 is 0 Å². The van der Waals surface area contributed by atoms with E-state index in [9.17, 15) is 4.79 Å². The fourth-order valence-electron chi connectivity index (χ4n) is 2.88. The van der Waals surface area contributed by atoms with E-state index >= 15 is 0 Å². The second kappa shape index (κ2) is 6.72. The number of carbonyl (C=O) groups excluding carboxylic acids is 1. The molecule has 1 aromatic heterocycles. The molecule has 1 fully saturated rings. The molecule has 0 atom stereocenters. The number of carbonyl (C=O) groups is 1. The number of imidazole rings is 1. The fraction of sp³-hybridized carbons (Fsp3) is 0.733. The Kier molecular flexibility index (Phi) is 4.97. The summed E-state index contributed by atoms with van der Waals surface area (Å²) < 4.78 is 2.00. The minimum Gasteiger partial charge on any atom is -0.338 e. The number of ketones is 1. The molecule has 100 valence electrons. The summed E-state index contributed by atoms with van der Waals surface area (Å²) in [4.78, 5) is 16.3. The van der Waals surface area contributed by atoms with Crippen molar-refractivity contribution in [1.29, 1.82) is 0 Å². The van der Waals surface area contributed by atoms with Gasteiger partial charge in [-0.2, -0.15) is 0 Å². The summed E-state index contributed by atoms with van der Waals surface area (Å²) in [7, 11) is 1.98. The first-order chi connectivity index (χ1) is 8.75. The van der Waals surface area contributed by atoms with Gasteiger partial charge in [0.25, 0.3) is 0 Å². The standard InChI is InChI=1S/C15H24N2O/c1-17-11-10-16-15(17)9-8-14(18)12-13-6-4-2-3-5-7-13/h10-11,13H,2-9,12H2,1H3. The zero-order valence-corrected chi connectivity index (χ0v) is 11.4. The Balaban J connectivity index is 1.73. The van der Waals surface area contributed by atoms with Gasteiger partial charge in [-0.25, -0.2) is 4.98 Å². The van der Waals surface area contributed by atoms with Crippen molar-refractivity contribution in [3.8, 4) is 0 Å². The molecule has 3 nitrogen and oxygen atoms in total. The maximum Gasteiger partial charge on any atom is 0.133 e. The van der Waals surface area contributed by atoms with Gasteiger partial charge in [0, 0.05) is 38.7 Å². The van der Waals surface area contributed by atoms with Crippen LogP contribution in [0.25, 0.3) is 0 Å². The predicted octanol–water partition coefficient (Wildman–Crippen LogP) is 3.28. The Labute approximate surface area is 110 Å². The Morgan fingerprint density at radius 2 is 2.06 bits per heavy atom. The molecule has 1 aliphatic carbocycles. The van der Waals surface area contributed by atoms with Crippen molar-refractivity contribution in [2.24, 2.45) is 13.0 Å². The summed E-state index contributed by atoms with van der Waals surface area (Å²) in [6, 6.07) is 0. The molecule has 2 rings (SSSR count). The number of nitrogens with zero attached hydrogens (tertiary/aromatic N) is 2. The summed E-state index contributed by atoms with van der Waals surface area (Å²) in [5, 5.41) is 0. The molecule has 0 aromatic carbocycles. The van der Waals surface area contributed by atoms with Crippen molar-refractivity contribution in [1.82, 2.24) is 9.55 Å². The third-order valence-corrected chi connectivity index (χ3v) is 4.04. The van der Waals surface area contributed by atoms with Crippen LogP contribution in [-0.2, 0) is 18.3 Å². The Hall–Kier alpha value is -1.12. The molecule has 3 heteroatoms. The molecular weight excluding hydrogens is 224 g/mol. The summed E-state index contributed by atoms with van der Waals surface area (Å²) in [6.45, 7) is 0. The summed E-state index contributed by atoms with van der Waals surface area (Å²) in [5.74, 6) is 2.09. The molecule has 0 unspecified atom stereocenters. The van der Waals surface area contributed by atoms with Crippen LogP contribution in [0.1, 0.15) is 57.2 Å². The van der Waals surface area contributed by atoms with E-state index in [1.165, 1.54) is 38.5 Å². The number of Topliss-reactive ketones (excluding diaryl/α,β-unsaturated/α-hetero) is 1. The minimum absolute atomic E-state index is 0.421. The van der Waals surface area contributed by atoms with Gasteiger partial charge in [0.05, 0.1) is 0 Å². The molecule has 18 heavy (non-hydrogen) atoms. The van der Waals surface area contributed by atoms with Crippen molar-refractivity contribution >= 4 is 5.78 Å². The van der Waals surface area contributed by atoms with Crippen LogP contribution < -0.4 is 0 Å². The Morgan fingerprint density at radius 1 is 1.33 bits per heavy atom. The lowest BCUT2D eigenvalue weighted by molar-refractivity contribution is -0.120. The van der Waals surface area contributed by atoms with Gasteiger partial charge in [-0.3, -0.25) is 4.79 Å². The normalized spacial score (nSPS) is 17.6. The average molecular weight is 248 g/mol. The topological polar surface area (TPSA) is 34.9 Å².